The predicted molar refractivity (Wildman–Crippen MR) is 91.3 cm³/mol. The molecule has 2 saturated heterocycles. The molecule has 4 nitrogen and oxygen atoms in total. The minimum atomic E-state index is 0.415. The second-order valence-corrected chi connectivity index (χ2v) is 7.67. The Hall–Kier alpha value is -0.970. The monoisotopic (exact) mass is 315 g/mol. The van der Waals surface area contributed by atoms with Crippen molar-refractivity contribution >= 4 is 0 Å². The Morgan fingerprint density at radius 3 is 2.87 bits per heavy atom. The average Bonchev–Trinajstić information content (AvgIpc) is 3.34. The molecule has 3 heterocycles. The highest BCUT2D eigenvalue weighted by atomic mass is 16.5. The molecule has 1 aromatic heterocycles. The lowest BCUT2D eigenvalue weighted by atomic mass is 9.93. The molecule has 4 heteroatoms. The molecule has 0 bridgehead atoms. The number of aryl methyl sites for hydroxylation is 1. The van der Waals surface area contributed by atoms with E-state index in [0.717, 1.165) is 43.8 Å². The van der Waals surface area contributed by atoms with Gasteiger partial charge in [0.2, 0.25) is 0 Å². The third kappa shape index (κ3) is 4.11. The molecular formula is C19H29N3O. The smallest absolute Gasteiger partial charge is 0.0743 e. The molecule has 1 aliphatic carbocycles. The standard InChI is InChI=1S/C19H29N3O/c1-15-3-2-4-18(20-15)13-21-8-7-17-12-22(11-16-5-6-16)9-10-23-19(17)14-21/h2-4,16-17,19H,5-14H2,1H3/t17-,19-/m0/s1. The van der Waals surface area contributed by atoms with E-state index in [9.17, 15) is 0 Å². The zero-order chi connectivity index (χ0) is 15.6. The van der Waals surface area contributed by atoms with E-state index in [2.05, 4.69) is 39.9 Å². The van der Waals surface area contributed by atoms with Crippen LogP contribution in [0.2, 0.25) is 0 Å². The number of pyridine rings is 1. The summed E-state index contributed by atoms with van der Waals surface area (Å²) in [6, 6.07) is 6.32. The molecule has 2 aliphatic heterocycles. The van der Waals surface area contributed by atoms with Gasteiger partial charge in [0.15, 0.2) is 0 Å². The van der Waals surface area contributed by atoms with Crippen LogP contribution in [-0.2, 0) is 11.3 Å². The van der Waals surface area contributed by atoms with Crippen molar-refractivity contribution in [2.24, 2.45) is 11.8 Å². The first-order valence-corrected chi connectivity index (χ1v) is 9.25. The van der Waals surface area contributed by atoms with Gasteiger partial charge in [-0.15, -0.1) is 0 Å². The van der Waals surface area contributed by atoms with Crippen LogP contribution in [0.5, 0.6) is 0 Å². The lowest BCUT2D eigenvalue weighted by Gasteiger charge is -2.38. The molecule has 0 amide bonds. The van der Waals surface area contributed by atoms with Gasteiger partial charge in [-0.2, -0.15) is 0 Å². The third-order valence-electron chi connectivity index (χ3n) is 5.56. The summed E-state index contributed by atoms with van der Waals surface area (Å²) in [6.45, 7) is 9.86. The van der Waals surface area contributed by atoms with Crippen molar-refractivity contribution in [3.8, 4) is 0 Å². The Labute approximate surface area is 139 Å². The lowest BCUT2D eigenvalue weighted by molar-refractivity contribution is -0.0244. The molecule has 3 fully saturated rings. The Morgan fingerprint density at radius 1 is 1.13 bits per heavy atom. The predicted octanol–water partition coefficient (Wildman–Crippen LogP) is 2.32. The van der Waals surface area contributed by atoms with Gasteiger partial charge in [-0.1, -0.05) is 6.07 Å². The average molecular weight is 315 g/mol. The minimum Gasteiger partial charge on any atom is -0.375 e. The molecule has 2 atom stereocenters. The highest BCUT2D eigenvalue weighted by Gasteiger charge is 2.35. The van der Waals surface area contributed by atoms with Crippen LogP contribution >= 0.6 is 0 Å². The second kappa shape index (κ2) is 6.88. The summed E-state index contributed by atoms with van der Waals surface area (Å²) >= 11 is 0. The number of aromatic nitrogens is 1. The van der Waals surface area contributed by atoms with Gasteiger partial charge in [0.05, 0.1) is 18.4 Å². The fourth-order valence-corrected chi connectivity index (χ4v) is 4.07. The minimum absolute atomic E-state index is 0.415. The van der Waals surface area contributed by atoms with Crippen LogP contribution < -0.4 is 0 Å². The maximum atomic E-state index is 6.23. The van der Waals surface area contributed by atoms with E-state index >= 15 is 0 Å². The fraction of sp³-hybridized carbons (Fsp3) is 0.737. The maximum Gasteiger partial charge on any atom is 0.0743 e. The highest BCUT2D eigenvalue weighted by Crippen LogP contribution is 2.31. The van der Waals surface area contributed by atoms with E-state index in [0.29, 0.717) is 6.10 Å². The number of hydrogen-bond acceptors (Lipinski definition) is 4. The summed E-state index contributed by atoms with van der Waals surface area (Å²) in [4.78, 5) is 9.84. The molecule has 0 spiro atoms. The Kier molecular flexibility index (Phi) is 4.65. The Bertz CT molecular complexity index is 531. The summed E-state index contributed by atoms with van der Waals surface area (Å²) in [5.74, 6) is 1.71. The molecule has 23 heavy (non-hydrogen) atoms. The van der Waals surface area contributed by atoms with Crippen molar-refractivity contribution < 1.29 is 4.74 Å². The number of hydrogen-bond donors (Lipinski definition) is 0. The summed E-state index contributed by atoms with van der Waals surface area (Å²) < 4.78 is 6.23. The van der Waals surface area contributed by atoms with Crippen molar-refractivity contribution in [1.29, 1.82) is 0 Å². The number of piperidine rings is 1. The van der Waals surface area contributed by atoms with Crippen LogP contribution in [0.1, 0.15) is 30.7 Å². The van der Waals surface area contributed by atoms with Crippen molar-refractivity contribution in [2.45, 2.75) is 38.8 Å². The first-order chi connectivity index (χ1) is 11.3. The summed E-state index contributed by atoms with van der Waals surface area (Å²) in [5, 5.41) is 0. The van der Waals surface area contributed by atoms with Gasteiger partial charge in [-0.05, 0) is 50.8 Å². The third-order valence-corrected chi connectivity index (χ3v) is 5.56. The number of fused-ring (bicyclic) bond motifs is 1. The van der Waals surface area contributed by atoms with Crippen LogP contribution in [0.25, 0.3) is 0 Å². The number of nitrogens with zero attached hydrogens (tertiary/aromatic N) is 3. The second-order valence-electron chi connectivity index (χ2n) is 7.67. The largest absolute Gasteiger partial charge is 0.375 e. The van der Waals surface area contributed by atoms with Crippen LogP contribution in [-0.4, -0.2) is 60.2 Å². The van der Waals surface area contributed by atoms with Gasteiger partial charge in [0.25, 0.3) is 0 Å². The first kappa shape index (κ1) is 15.6. The summed E-state index contributed by atoms with van der Waals surface area (Å²) in [7, 11) is 0. The maximum absolute atomic E-state index is 6.23. The highest BCUT2D eigenvalue weighted by molar-refractivity contribution is 5.10. The van der Waals surface area contributed by atoms with E-state index in [-0.39, 0.29) is 0 Å². The van der Waals surface area contributed by atoms with Crippen LogP contribution in [0.4, 0.5) is 0 Å². The van der Waals surface area contributed by atoms with Gasteiger partial charge in [0.1, 0.15) is 0 Å². The van der Waals surface area contributed by atoms with Gasteiger partial charge in [-0.3, -0.25) is 9.88 Å². The lowest BCUT2D eigenvalue weighted by Crippen LogP contribution is -2.46. The van der Waals surface area contributed by atoms with Crippen LogP contribution in [0, 0.1) is 18.8 Å². The van der Waals surface area contributed by atoms with Crippen molar-refractivity contribution in [2.75, 3.05) is 39.3 Å². The normalized spacial score (nSPS) is 30.0. The zero-order valence-corrected chi connectivity index (χ0v) is 14.3. The Morgan fingerprint density at radius 2 is 2.04 bits per heavy atom. The van der Waals surface area contributed by atoms with Gasteiger partial charge in [0, 0.05) is 44.3 Å². The van der Waals surface area contributed by atoms with Crippen molar-refractivity contribution in [3.05, 3.63) is 29.6 Å². The zero-order valence-electron chi connectivity index (χ0n) is 14.3. The van der Waals surface area contributed by atoms with E-state index in [4.69, 9.17) is 4.74 Å². The Balaban J connectivity index is 1.33. The number of likely N-dealkylation sites (tertiary alicyclic amines) is 1. The van der Waals surface area contributed by atoms with Gasteiger partial charge >= 0.3 is 0 Å². The molecule has 1 aromatic rings. The van der Waals surface area contributed by atoms with Crippen LogP contribution in [0.3, 0.4) is 0 Å². The molecule has 0 unspecified atom stereocenters. The first-order valence-electron chi connectivity index (χ1n) is 9.25. The fourth-order valence-electron chi connectivity index (χ4n) is 4.07. The molecule has 4 rings (SSSR count). The molecular weight excluding hydrogens is 286 g/mol. The van der Waals surface area contributed by atoms with Crippen molar-refractivity contribution in [1.82, 2.24) is 14.8 Å². The van der Waals surface area contributed by atoms with E-state index < -0.39 is 0 Å². The van der Waals surface area contributed by atoms with Crippen molar-refractivity contribution in [3.63, 3.8) is 0 Å². The SMILES string of the molecule is Cc1cccc(CN2CC[C@H]3CN(CC4CC4)CCO[C@H]3C2)n1. The van der Waals surface area contributed by atoms with E-state index in [1.165, 1.54) is 44.6 Å². The molecule has 0 radical (unpaired) electrons. The molecule has 126 valence electrons. The molecule has 0 aromatic carbocycles. The van der Waals surface area contributed by atoms with Gasteiger partial charge < -0.3 is 9.64 Å². The molecule has 1 saturated carbocycles. The topological polar surface area (TPSA) is 28.6 Å². The molecule has 0 N–H and O–H groups in total. The summed E-state index contributed by atoms with van der Waals surface area (Å²) in [6.07, 6.45) is 4.57. The number of rotatable bonds is 4. The van der Waals surface area contributed by atoms with E-state index in [1.807, 2.05) is 0 Å². The van der Waals surface area contributed by atoms with E-state index in [1.54, 1.807) is 0 Å². The number of ether oxygens (including phenoxy) is 1. The van der Waals surface area contributed by atoms with Crippen LogP contribution in [0.15, 0.2) is 18.2 Å². The quantitative estimate of drug-likeness (QED) is 0.852. The van der Waals surface area contributed by atoms with Gasteiger partial charge in [-0.25, -0.2) is 0 Å². The molecule has 3 aliphatic rings. The summed E-state index contributed by atoms with van der Waals surface area (Å²) in [5.41, 5.74) is 2.30.